The third-order valence-electron chi connectivity index (χ3n) is 3.94. The summed E-state index contributed by atoms with van der Waals surface area (Å²) >= 11 is 5.84. The van der Waals surface area contributed by atoms with Gasteiger partial charge in [-0.05, 0) is 18.2 Å². The predicted octanol–water partition coefficient (Wildman–Crippen LogP) is 2.48. The van der Waals surface area contributed by atoms with Crippen LogP contribution in [0.3, 0.4) is 0 Å². The summed E-state index contributed by atoms with van der Waals surface area (Å²) in [5, 5.41) is 11.8. The first-order valence-corrected chi connectivity index (χ1v) is 7.65. The average molecular weight is 381 g/mol. The Kier molecular flexibility index (Phi) is 5.79. The van der Waals surface area contributed by atoms with Crippen molar-refractivity contribution in [2.75, 3.05) is 32.1 Å². The first-order valence-electron chi connectivity index (χ1n) is 7.27. The van der Waals surface area contributed by atoms with Gasteiger partial charge in [-0.25, -0.2) is 0 Å². The van der Waals surface area contributed by atoms with E-state index in [1.165, 1.54) is 24.1 Å². The second-order valence-corrected chi connectivity index (χ2v) is 6.12. The molecule has 138 valence electrons. The summed E-state index contributed by atoms with van der Waals surface area (Å²) in [5.41, 5.74) is 0.279. The molecule has 2 N–H and O–H groups in total. The molecule has 1 aromatic rings. The standard InChI is InChI=1S/C15H16ClF3N2O4/c1-25-12-3-2-8(16)4-11(12)20-13(22)7-21-5-9(14(23)24)10(6-21)15(17,18)19/h2-4,9-10H,5-7H2,1H3,(H,20,22)(H,23,24)/t9-,10-/m1/s1. The van der Waals surface area contributed by atoms with Crippen LogP contribution in [-0.4, -0.2) is 54.8 Å². The van der Waals surface area contributed by atoms with Crippen LogP contribution in [0.2, 0.25) is 5.02 Å². The number of ether oxygens (including phenoxy) is 1. The second-order valence-electron chi connectivity index (χ2n) is 5.68. The summed E-state index contributed by atoms with van der Waals surface area (Å²) < 4.78 is 43.9. The van der Waals surface area contributed by atoms with E-state index in [-0.39, 0.29) is 18.8 Å². The van der Waals surface area contributed by atoms with Crippen molar-refractivity contribution in [2.24, 2.45) is 11.8 Å². The number of halogens is 4. The lowest BCUT2D eigenvalue weighted by atomic mass is 9.96. The zero-order chi connectivity index (χ0) is 18.8. The molecule has 1 fully saturated rings. The Labute approximate surface area is 146 Å². The van der Waals surface area contributed by atoms with Crippen LogP contribution in [0.4, 0.5) is 18.9 Å². The molecule has 0 aromatic heterocycles. The molecule has 2 rings (SSSR count). The molecule has 1 heterocycles. The Bertz CT molecular complexity index is 669. The number of amides is 1. The van der Waals surface area contributed by atoms with Gasteiger partial charge < -0.3 is 15.2 Å². The summed E-state index contributed by atoms with van der Waals surface area (Å²) in [6, 6.07) is 4.54. The Morgan fingerprint density at radius 3 is 2.60 bits per heavy atom. The van der Waals surface area contributed by atoms with Gasteiger partial charge in [0.15, 0.2) is 0 Å². The molecule has 6 nitrogen and oxygen atoms in total. The highest BCUT2D eigenvalue weighted by molar-refractivity contribution is 6.31. The molecule has 1 aromatic carbocycles. The number of rotatable bonds is 5. The largest absolute Gasteiger partial charge is 0.495 e. The van der Waals surface area contributed by atoms with Crippen LogP contribution in [-0.2, 0) is 9.59 Å². The normalized spacial score (nSPS) is 21.2. The number of nitrogens with one attached hydrogen (secondary N) is 1. The van der Waals surface area contributed by atoms with Gasteiger partial charge in [0.25, 0.3) is 0 Å². The number of aliphatic carboxylic acids is 1. The van der Waals surface area contributed by atoms with Crippen molar-refractivity contribution in [3.63, 3.8) is 0 Å². The fourth-order valence-electron chi connectivity index (χ4n) is 2.77. The summed E-state index contributed by atoms with van der Waals surface area (Å²) in [7, 11) is 1.39. The molecule has 0 unspecified atom stereocenters. The van der Waals surface area contributed by atoms with E-state index < -0.39 is 36.4 Å². The van der Waals surface area contributed by atoms with E-state index in [0.29, 0.717) is 10.8 Å². The number of carbonyl (C=O) groups is 2. The molecule has 25 heavy (non-hydrogen) atoms. The van der Waals surface area contributed by atoms with Crippen LogP contribution in [0.5, 0.6) is 5.75 Å². The van der Waals surface area contributed by atoms with Crippen molar-refractivity contribution in [2.45, 2.75) is 6.18 Å². The van der Waals surface area contributed by atoms with E-state index in [1.54, 1.807) is 6.07 Å². The zero-order valence-electron chi connectivity index (χ0n) is 13.1. The van der Waals surface area contributed by atoms with Gasteiger partial charge in [0.05, 0.1) is 31.2 Å². The molecule has 1 aliphatic rings. The maximum absolute atomic E-state index is 13.0. The van der Waals surface area contributed by atoms with Gasteiger partial charge in [-0.1, -0.05) is 11.6 Å². The second kappa shape index (κ2) is 7.49. The summed E-state index contributed by atoms with van der Waals surface area (Å²) in [4.78, 5) is 24.3. The molecule has 0 spiro atoms. The van der Waals surface area contributed by atoms with Crippen molar-refractivity contribution in [1.29, 1.82) is 0 Å². The molecule has 0 radical (unpaired) electrons. The topological polar surface area (TPSA) is 78.9 Å². The molecule has 1 aliphatic heterocycles. The van der Waals surface area contributed by atoms with Gasteiger partial charge in [-0.2, -0.15) is 13.2 Å². The third-order valence-corrected chi connectivity index (χ3v) is 4.17. The highest BCUT2D eigenvalue weighted by Crippen LogP contribution is 2.37. The Morgan fingerprint density at radius 2 is 2.08 bits per heavy atom. The van der Waals surface area contributed by atoms with Crippen LogP contribution < -0.4 is 10.1 Å². The predicted molar refractivity (Wildman–Crippen MR) is 83.7 cm³/mol. The smallest absolute Gasteiger partial charge is 0.393 e. The van der Waals surface area contributed by atoms with Crippen molar-refractivity contribution in [3.8, 4) is 5.75 Å². The number of anilines is 1. The highest BCUT2D eigenvalue weighted by Gasteiger charge is 2.52. The van der Waals surface area contributed by atoms with Gasteiger partial charge >= 0.3 is 12.1 Å². The van der Waals surface area contributed by atoms with Crippen LogP contribution in [0.1, 0.15) is 0 Å². The van der Waals surface area contributed by atoms with E-state index in [9.17, 15) is 22.8 Å². The number of likely N-dealkylation sites (tertiary alicyclic amines) is 1. The Balaban J connectivity index is 2.04. The van der Waals surface area contributed by atoms with Gasteiger partial charge in [0, 0.05) is 18.1 Å². The molecular formula is C15H16ClF3N2O4. The Hall–Kier alpha value is -2.00. The molecule has 2 atom stereocenters. The van der Waals surface area contributed by atoms with Crippen molar-refractivity contribution in [3.05, 3.63) is 23.2 Å². The van der Waals surface area contributed by atoms with Crippen LogP contribution in [0.15, 0.2) is 18.2 Å². The van der Waals surface area contributed by atoms with Gasteiger partial charge in [-0.15, -0.1) is 0 Å². The molecule has 1 saturated heterocycles. The number of carbonyl (C=O) groups excluding carboxylic acids is 1. The fourth-order valence-corrected chi connectivity index (χ4v) is 2.94. The summed E-state index contributed by atoms with van der Waals surface area (Å²) in [5.74, 6) is -5.36. The minimum absolute atomic E-state index is 0.279. The number of hydrogen-bond donors (Lipinski definition) is 2. The number of carboxylic acid groups (broad SMARTS) is 1. The molecule has 10 heteroatoms. The Morgan fingerprint density at radius 1 is 1.40 bits per heavy atom. The molecule has 0 saturated carbocycles. The third kappa shape index (κ3) is 4.76. The van der Waals surface area contributed by atoms with E-state index in [1.807, 2.05) is 0 Å². The number of carboxylic acids is 1. The van der Waals surface area contributed by atoms with Crippen LogP contribution in [0.25, 0.3) is 0 Å². The molecule has 1 amide bonds. The number of hydrogen-bond acceptors (Lipinski definition) is 4. The van der Waals surface area contributed by atoms with E-state index in [4.69, 9.17) is 21.4 Å². The van der Waals surface area contributed by atoms with Gasteiger partial charge in [0.2, 0.25) is 5.91 Å². The first kappa shape index (κ1) is 19.3. The fraction of sp³-hybridized carbons (Fsp3) is 0.467. The minimum atomic E-state index is -4.63. The lowest BCUT2D eigenvalue weighted by Crippen LogP contribution is -2.34. The molecular weight excluding hydrogens is 365 g/mol. The summed E-state index contributed by atoms with van der Waals surface area (Å²) in [6.45, 7) is -1.26. The van der Waals surface area contributed by atoms with Crippen molar-refractivity contribution < 1.29 is 32.6 Å². The molecule has 0 bridgehead atoms. The number of benzene rings is 1. The highest BCUT2D eigenvalue weighted by atomic mass is 35.5. The van der Waals surface area contributed by atoms with Crippen molar-refractivity contribution in [1.82, 2.24) is 4.90 Å². The van der Waals surface area contributed by atoms with Crippen LogP contribution >= 0.6 is 11.6 Å². The van der Waals surface area contributed by atoms with Gasteiger partial charge in [-0.3, -0.25) is 14.5 Å². The maximum Gasteiger partial charge on any atom is 0.393 e. The lowest BCUT2D eigenvalue weighted by Gasteiger charge is -2.18. The van der Waals surface area contributed by atoms with E-state index in [0.717, 1.165) is 0 Å². The van der Waals surface area contributed by atoms with E-state index in [2.05, 4.69) is 5.32 Å². The maximum atomic E-state index is 13.0. The van der Waals surface area contributed by atoms with Gasteiger partial charge in [0.1, 0.15) is 5.75 Å². The van der Waals surface area contributed by atoms with Crippen LogP contribution in [0, 0.1) is 11.8 Å². The van der Waals surface area contributed by atoms with Crippen molar-refractivity contribution >= 4 is 29.2 Å². The molecule has 0 aliphatic carbocycles. The number of nitrogens with zero attached hydrogens (tertiary/aromatic N) is 1. The lowest BCUT2D eigenvalue weighted by molar-refractivity contribution is -0.188. The SMILES string of the molecule is COc1ccc(Cl)cc1NC(=O)CN1C[C@@H](C(F)(F)F)[C@H](C(=O)O)C1. The number of alkyl halides is 3. The monoisotopic (exact) mass is 380 g/mol. The summed E-state index contributed by atoms with van der Waals surface area (Å²) in [6.07, 6.45) is -4.63. The first-order chi connectivity index (χ1) is 11.6. The average Bonchev–Trinajstić information content (AvgIpc) is 2.91. The zero-order valence-corrected chi connectivity index (χ0v) is 13.9. The number of methoxy groups -OCH3 is 1. The quantitative estimate of drug-likeness (QED) is 0.820. The van der Waals surface area contributed by atoms with E-state index >= 15 is 0 Å². The minimum Gasteiger partial charge on any atom is -0.495 e.